The maximum Gasteiger partial charge on any atom is 0.279 e. The highest BCUT2D eigenvalue weighted by molar-refractivity contribution is 7.89. The highest BCUT2D eigenvalue weighted by Gasteiger charge is 2.32. The van der Waals surface area contributed by atoms with Crippen molar-refractivity contribution in [2.24, 2.45) is 5.14 Å². The van der Waals surface area contributed by atoms with Crippen LogP contribution in [0.15, 0.2) is 47.4 Å². The second-order valence-electron chi connectivity index (χ2n) is 7.30. The van der Waals surface area contributed by atoms with Gasteiger partial charge in [0.15, 0.2) is 18.0 Å². The van der Waals surface area contributed by atoms with Crippen LogP contribution in [0.3, 0.4) is 0 Å². The Morgan fingerprint density at radius 3 is 2.55 bits per heavy atom. The number of fused-ring (bicyclic) bond motifs is 1. The highest BCUT2D eigenvalue weighted by atomic mass is 32.2. The number of rotatable bonds is 5. The normalized spacial score (nSPS) is 21.0. The van der Waals surface area contributed by atoms with Gasteiger partial charge >= 0.3 is 0 Å². The average molecular weight is 418 g/mol. The van der Waals surface area contributed by atoms with Gasteiger partial charge in [0, 0.05) is 24.1 Å². The Morgan fingerprint density at radius 1 is 1.10 bits per heavy atom. The number of hydrogen-bond acceptors (Lipinski definition) is 5. The van der Waals surface area contributed by atoms with E-state index in [2.05, 4.69) is 5.32 Å². The summed E-state index contributed by atoms with van der Waals surface area (Å²) in [6.07, 6.45) is 2.05. The fraction of sp³-hybridized carbons (Fsp3) is 0.350. The van der Waals surface area contributed by atoms with Gasteiger partial charge in [-0.1, -0.05) is 0 Å². The second kappa shape index (κ2) is 8.02. The maximum atomic E-state index is 12.5. The minimum Gasteiger partial charge on any atom is -0.486 e. The first-order chi connectivity index (χ1) is 13.9. The van der Waals surface area contributed by atoms with Crippen LogP contribution in [0.1, 0.15) is 24.4 Å². The summed E-state index contributed by atoms with van der Waals surface area (Å²) in [7, 11) is -3.75. The Kier molecular flexibility index (Phi) is 5.44. The Morgan fingerprint density at radius 2 is 1.83 bits per heavy atom. The SMILES string of the molecule is NS(=O)(=O)c1ccc(NC(=O)C[NH+]2CCC[C@H]2c2ccc3c(c2)OCCO3)cc1. The van der Waals surface area contributed by atoms with Crippen molar-refractivity contribution >= 4 is 21.6 Å². The molecule has 2 aliphatic heterocycles. The lowest BCUT2D eigenvalue weighted by Crippen LogP contribution is -3.11. The number of anilines is 1. The summed E-state index contributed by atoms with van der Waals surface area (Å²) in [6.45, 7) is 2.35. The minimum atomic E-state index is -3.75. The van der Waals surface area contributed by atoms with Crippen LogP contribution in [0.25, 0.3) is 0 Å². The van der Waals surface area contributed by atoms with Crippen LogP contribution in [0.4, 0.5) is 5.69 Å². The van der Waals surface area contributed by atoms with Gasteiger partial charge in [-0.25, -0.2) is 13.6 Å². The fourth-order valence-electron chi connectivity index (χ4n) is 3.94. The first kappa shape index (κ1) is 19.7. The van der Waals surface area contributed by atoms with Gasteiger partial charge in [-0.15, -0.1) is 0 Å². The quantitative estimate of drug-likeness (QED) is 0.653. The van der Waals surface area contributed by atoms with Crippen LogP contribution >= 0.6 is 0 Å². The van der Waals surface area contributed by atoms with Crippen molar-refractivity contribution in [2.75, 3.05) is 31.6 Å². The van der Waals surface area contributed by atoms with Gasteiger partial charge in [0.2, 0.25) is 10.0 Å². The molecule has 1 amide bonds. The van der Waals surface area contributed by atoms with Crippen LogP contribution in [-0.4, -0.2) is 40.6 Å². The lowest BCUT2D eigenvalue weighted by atomic mass is 10.0. The molecule has 2 aromatic carbocycles. The lowest BCUT2D eigenvalue weighted by Gasteiger charge is -2.24. The molecule has 0 aromatic heterocycles. The zero-order chi connectivity index (χ0) is 20.4. The molecule has 1 saturated heterocycles. The molecule has 4 rings (SSSR count). The molecule has 2 atom stereocenters. The molecule has 0 aliphatic carbocycles. The number of amides is 1. The fourth-order valence-corrected chi connectivity index (χ4v) is 4.46. The maximum absolute atomic E-state index is 12.5. The number of primary sulfonamides is 1. The van der Waals surface area contributed by atoms with Crippen molar-refractivity contribution in [1.29, 1.82) is 0 Å². The van der Waals surface area contributed by atoms with E-state index < -0.39 is 10.0 Å². The van der Waals surface area contributed by atoms with E-state index in [-0.39, 0.29) is 16.8 Å². The van der Waals surface area contributed by atoms with Gasteiger partial charge in [-0.3, -0.25) is 4.79 Å². The average Bonchev–Trinajstić information content (AvgIpc) is 3.15. The smallest absolute Gasteiger partial charge is 0.279 e. The first-order valence-corrected chi connectivity index (χ1v) is 11.1. The summed E-state index contributed by atoms with van der Waals surface area (Å²) in [5.41, 5.74) is 1.68. The number of hydrogen-bond donors (Lipinski definition) is 3. The van der Waals surface area contributed by atoms with Crippen molar-refractivity contribution in [1.82, 2.24) is 0 Å². The minimum absolute atomic E-state index is 0.0133. The lowest BCUT2D eigenvalue weighted by molar-refractivity contribution is -0.910. The van der Waals surface area contributed by atoms with E-state index in [4.69, 9.17) is 14.6 Å². The molecule has 8 nitrogen and oxygen atoms in total. The van der Waals surface area contributed by atoms with E-state index in [1.807, 2.05) is 18.2 Å². The topological polar surface area (TPSA) is 112 Å². The number of ether oxygens (including phenoxy) is 2. The largest absolute Gasteiger partial charge is 0.486 e. The van der Waals surface area contributed by atoms with Crippen molar-refractivity contribution in [3.05, 3.63) is 48.0 Å². The van der Waals surface area contributed by atoms with Gasteiger partial charge in [0.25, 0.3) is 5.91 Å². The van der Waals surface area contributed by atoms with E-state index in [0.29, 0.717) is 25.4 Å². The molecule has 1 unspecified atom stereocenters. The van der Waals surface area contributed by atoms with Crippen LogP contribution < -0.4 is 24.8 Å². The van der Waals surface area contributed by atoms with Gasteiger partial charge in [-0.2, -0.15) is 0 Å². The molecule has 4 N–H and O–H groups in total. The zero-order valence-electron chi connectivity index (χ0n) is 15.9. The second-order valence-corrected chi connectivity index (χ2v) is 8.86. The summed E-state index contributed by atoms with van der Waals surface area (Å²) >= 11 is 0. The molecular formula is C20H24N3O5S+. The standard InChI is InChI=1S/C20H23N3O5S/c21-29(25,26)16-6-4-15(5-7-16)22-20(24)13-23-9-1-2-17(23)14-3-8-18-19(12-14)28-11-10-27-18/h3-8,12,17H,1-2,9-11,13H2,(H,22,24)(H2,21,25,26)/p+1/t17-/m0/s1. The van der Waals surface area contributed by atoms with Crippen LogP contribution in [0.5, 0.6) is 11.5 Å². The molecule has 2 aliphatic rings. The van der Waals surface area contributed by atoms with E-state index in [9.17, 15) is 13.2 Å². The van der Waals surface area contributed by atoms with Crippen molar-refractivity contribution in [3.8, 4) is 11.5 Å². The first-order valence-electron chi connectivity index (χ1n) is 9.57. The van der Waals surface area contributed by atoms with Crippen molar-refractivity contribution in [2.45, 2.75) is 23.8 Å². The molecule has 0 bridgehead atoms. The molecule has 154 valence electrons. The Labute approximate surface area is 169 Å². The number of sulfonamides is 1. The Bertz CT molecular complexity index is 1010. The summed E-state index contributed by atoms with van der Waals surface area (Å²) < 4.78 is 33.9. The molecule has 0 saturated carbocycles. The number of carbonyl (C=O) groups excluding carboxylic acids is 1. The summed E-state index contributed by atoms with van der Waals surface area (Å²) in [6, 6.07) is 12.1. The number of benzene rings is 2. The molecular weight excluding hydrogens is 394 g/mol. The van der Waals surface area contributed by atoms with E-state index in [1.165, 1.54) is 29.2 Å². The third kappa shape index (κ3) is 4.52. The molecule has 2 aromatic rings. The summed E-state index contributed by atoms with van der Waals surface area (Å²) in [4.78, 5) is 13.7. The van der Waals surface area contributed by atoms with E-state index in [1.54, 1.807) is 0 Å². The number of nitrogens with two attached hydrogens (primary N) is 1. The van der Waals surface area contributed by atoms with Crippen LogP contribution in [0.2, 0.25) is 0 Å². The van der Waals surface area contributed by atoms with Crippen LogP contribution in [0, 0.1) is 0 Å². The Hall–Kier alpha value is -2.62. The highest BCUT2D eigenvalue weighted by Crippen LogP contribution is 2.33. The van der Waals surface area contributed by atoms with Gasteiger partial charge < -0.3 is 19.7 Å². The molecule has 29 heavy (non-hydrogen) atoms. The molecule has 9 heteroatoms. The molecule has 2 heterocycles. The molecule has 1 fully saturated rings. The van der Waals surface area contributed by atoms with Crippen LogP contribution in [-0.2, 0) is 14.8 Å². The van der Waals surface area contributed by atoms with Gasteiger partial charge in [0.05, 0.1) is 11.4 Å². The summed E-state index contributed by atoms with van der Waals surface area (Å²) in [5.74, 6) is 1.41. The van der Waals surface area contributed by atoms with Gasteiger partial charge in [-0.05, 0) is 42.5 Å². The molecule has 0 spiro atoms. The third-order valence-electron chi connectivity index (χ3n) is 5.31. The zero-order valence-corrected chi connectivity index (χ0v) is 16.7. The number of carbonyl (C=O) groups is 1. The number of likely N-dealkylation sites (tertiary alicyclic amines) is 1. The predicted molar refractivity (Wildman–Crippen MR) is 107 cm³/mol. The Balaban J connectivity index is 1.41. The van der Waals surface area contributed by atoms with E-state index >= 15 is 0 Å². The number of nitrogens with one attached hydrogen (secondary N) is 2. The van der Waals surface area contributed by atoms with E-state index in [0.717, 1.165) is 36.4 Å². The predicted octanol–water partition coefficient (Wildman–Crippen LogP) is 0.464. The van der Waals surface area contributed by atoms with Crippen molar-refractivity contribution in [3.63, 3.8) is 0 Å². The molecule has 0 radical (unpaired) electrons. The van der Waals surface area contributed by atoms with Gasteiger partial charge in [0.1, 0.15) is 19.3 Å². The monoisotopic (exact) mass is 418 g/mol. The number of quaternary nitrogens is 1. The third-order valence-corrected chi connectivity index (χ3v) is 6.24. The summed E-state index contributed by atoms with van der Waals surface area (Å²) in [5, 5.41) is 7.92. The van der Waals surface area contributed by atoms with Crippen molar-refractivity contribution < 1.29 is 27.6 Å².